The van der Waals surface area contributed by atoms with Gasteiger partial charge in [-0.15, -0.1) is 0 Å². The van der Waals surface area contributed by atoms with Gasteiger partial charge in [0.15, 0.2) is 11.6 Å². The molecule has 23 heavy (non-hydrogen) atoms. The monoisotopic (exact) mass is 320 g/mol. The van der Waals surface area contributed by atoms with Crippen LogP contribution in [0.2, 0.25) is 0 Å². The second kappa shape index (κ2) is 6.98. The summed E-state index contributed by atoms with van der Waals surface area (Å²) in [6.45, 7) is 0. The van der Waals surface area contributed by atoms with Gasteiger partial charge in [-0.2, -0.15) is 0 Å². The largest absolute Gasteiger partial charge is 0.487 e. The molecule has 2 amide bonds. The summed E-state index contributed by atoms with van der Waals surface area (Å²) in [4.78, 5) is 23.3. The normalized spacial score (nSPS) is 21.3. The Hall–Kier alpha value is -2.11. The Labute approximate surface area is 134 Å². The first kappa shape index (κ1) is 15.8. The summed E-state index contributed by atoms with van der Waals surface area (Å²) in [5.74, 6) is -0.491. The Morgan fingerprint density at radius 1 is 1.30 bits per heavy atom. The van der Waals surface area contributed by atoms with Crippen molar-refractivity contribution in [3.8, 4) is 5.75 Å². The van der Waals surface area contributed by atoms with Crippen molar-refractivity contribution in [1.29, 1.82) is 0 Å². The molecule has 2 aliphatic rings. The van der Waals surface area contributed by atoms with Crippen molar-refractivity contribution >= 4 is 17.5 Å². The van der Waals surface area contributed by atoms with E-state index in [9.17, 15) is 14.0 Å². The van der Waals surface area contributed by atoms with Crippen LogP contribution in [0.3, 0.4) is 0 Å². The van der Waals surface area contributed by atoms with Crippen LogP contribution in [0.5, 0.6) is 5.75 Å². The molecular weight excluding hydrogens is 299 g/mol. The van der Waals surface area contributed by atoms with Crippen molar-refractivity contribution in [2.45, 2.75) is 57.1 Å². The number of amides is 2. The molecular formula is C17H21FN2O3. The number of anilines is 1. The number of benzene rings is 1. The standard InChI is InChI=1S/C17H21FN2O3/c18-14-9-12(7-8-15(14)23-13-4-2-5-13)20-17(22)10-11-3-1-6-16(21)19-11/h7-9,11,13H,1-6,10H2,(H,19,21)(H,20,22). The van der Waals surface area contributed by atoms with E-state index in [4.69, 9.17) is 4.74 Å². The molecule has 0 bridgehead atoms. The first-order chi connectivity index (χ1) is 11.1. The van der Waals surface area contributed by atoms with Gasteiger partial charge in [0.1, 0.15) is 0 Å². The van der Waals surface area contributed by atoms with Crippen LogP contribution in [0.1, 0.15) is 44.9 Å². The first-order valence-electron chi connectivity index (χ1n) is 8.15. The molecule has 124 valence electrons. The lowest BCUT2D eigenvalue weighted by Crippen LogP contribution is -2.40. The molecule has 1 saturated heterocycles. The smallest absolute Gasteiger partial charge is 0.226 e. The van der Waals surface area contributed by atoms with Gasteiger partial charge < -0.3 is 15.4 Å². The van der Waals surface area contributed by atoms with Crippen molar-refractivity contribution in [3.05, 3.63) is 24.0 Å². The van der Waals surface area contributed by atoms with Gasteiger partial charge in [-0.1, -0.05) is 0 Å². The van der Waals surface area contributed by atoms with E-state index in [1.54, 1.807) is 12.1 Å². The van der Waals surface area contributed by atoms with Crippen molar-refractivity contribution in [3.63, 3.8) is 0 Å². The van der Waals surface area contributed by atoms with Gasteiger partial charge in [-0.05, 0) is 44.2 Å². The Morgan fingerprint density at radius 3 is 2.78 bits per heavy atom. The van der Waals surface area contributed by atoms with Gasteiger partial charge in [0.2, 0.25) is 11.8 Å². The van der Waals surface area contributed by atoms with Crippen LogP contribution in [-0.4, -0.2) is 24.0 Å². The lowest BCUT2D eigenvalue weighted by molar-refractivity contribution is -0.124. The van der Waals surface area contributed by atoms with Crippen molar-refractivity contribution in [2.75, 3.05) is 5.32 Å². The van der Waals surface area contributed by atoms with Crippen molar-refractivity contribution in [2.24, 2.45) is 0 Å². The number of rotatable bonds is 5. The molecule has 1 unspecified atom stereocenters. The molecule has 6 heteroatoms. The highest BCUT2D eigenvalue weighted by atomic mass is 19.1. The van der Waals surface area contributed by atoms with E-state index in [1.807, 2.05) is 0 Å². The minimum Gasteiger partial charge on any atom is -0.487 e. The predicted molar refractivity (Wildman–Crippen MR) is 83.7 cm³/mol. The number of hydrogen-bond donors (Lipinski definition) is 2. The zero-order chi connectivity index (χ0) is 16.2. The van der Waals surface area contributed by atoms with E-state index in [0.717, 1.165) is 32.1 Å². The van der Waals surface area contributed by atoms with Crippen LogP contribution < -0.4 is 15.4 Å². The summed E-state index contributed by atoms with van der Waals surface area (Å²) in [6.07, 6.45) is 5.47. The fourth-order valence-electron chi connectivity index (χ4n) is 2.81. The minimum atomic E-state index is -0.472. The number of carbonyl (C=O) groups is 2. The van der Waals surface area contributed by atoms with E-state index in [0.29, 0.717) is 12.1 Å². The van der Waals surface area contributed by atoms with Crippen LogP contribution in [0.25, 0.3) is 0 Å². The Bertz CT molecular complexity index is 602. The summed E-state index contributed by atoms with van der Waals surface area (Å²) in [7, 11) is 0. The molecule has 2 fully saturated rings. The molecule has 5 nitrogen and oxygen atoms in total. The summed E-state index contributed by atoms with van der Waals surface area (Å²) < 4.78 is 19.5. The molecule has 1 saturated carbocycles. The molecule has 1 aliphatic carbocycles. The minimum absolute atomic E-state index is 0.0161. The Balaban J connectivity index is 1.53. The fraction of sp³-hybridized carbons (Fsp3) is 0.529. The van der Waals surface area contributed by atoms with Gasteiger partial charge in [0, 0.05) is 30.6 Å². The maximum Gasteiger partial charge on any atom is 0.226 e. The summed E-state index contributed by atoms with van der Waals surface area (Å²) in [5, 5.41) is 5.46. The zero-order valence-corrected chi connectivity index (χ0v) is 12.9. The average molecular weight is 320 g/mol. The quantitative estimate of drug-likeness (QED) is 0.876. The van der Waals surface area contributed by atoms with E-state index < -0.39 is 5.82 Å². The molecule has 1 aromatic carbocycles. The Kier molecular flexibility index (Phi) is 4.79. The SMILES string of the molecule is O=C(CC1CCCC(=O)N1)Nc1ccc(OC2CCC2)c(F)c1. The molecule has 0 spiro atoms. The second-order valence-corrected chi connectivity index (χ2v) is 6.22. The maximum atomic E-state index is 14.0. The number of piperidine rings is 1. The maximum absolute atomic E-state index is 14.0. The number of hydrogen-bond acceptors (Lipinski definition) is 3. The van der Waals surface area contributed by atoms with E-state index in [2.05, 4.69) is 10.6 Å². The lowest BCUT2D eigenvalue weighted by atomic mass is 9.96. The number of ether oxygens (including phenoxy) is 1. The van der Waals surface area contributed by atoms with Crippen molar-refractivity contribution < 1.29 is 18.7 Å². The highest BCUT2D eigenvalue weighted by molar-refractivity contribution is 5.91. The molecule has 2 N–H and O–H groups in total. The average Bonchev–Trinajstić information content (AvgIpc) is 2.44. The third-order valence-electron chi connectivity index (χ3n) is 4.31. The molecule has 1 heterocycles. The van der Waals surface area contributed by atoms with Crippen LogP contribution in [0.15, 0.2) is 18.2 Å². The molecule has 1 aliphatic heterocycles. The lowest BCUT2D eigenvalue weighted by Gasteiger charge is -2.26. The van der Waals surface area contributed by atoms with Crippen LogP contribution >= 0.6 is 0 Å². The van der Waals surface area contributed by atoms with Gasteiger partial charge in [-0.25, -0.2) is 4.39 Å². The molecule has 0 radical (unpaired) electrons. The number of halogens is 1. The number of carbonyl (C=O) groups excluding carboxylic acids is 2. The van der Waals surface area contributed by atoms with E-state index in [1.165, 1.54) is 6.07 Å². The predicted octanol–water partition coefficient (Wildman–Crippen LogP) is 2.75. The van der Waals surface area contributed by atoms with Crippen LogP contribution in [0.4, 0.5) is 10.1 Å². The van der Waals surface area contributed by atoms with Gasteiger partial charge in [0.25, 0.3) is 0 Å². The summed E-state index contributed by atoms with van der Waals surface area (Å²) in [5.41, 5.74) is 0.399. The van der Waals surface area contributed by atoms with E-state index in [-0.39, 0.29) is 36.1 Å². The van der Waals surface area contributed by atoms with Crippen LogP contribution in [-0.2, 0) is 9.59 Å². The highest BCUT2D eigenvalue weighted by Crippen LogP contribution is 2.28. The Morgan fingerprint density at radius 2 is 2.13 bits per heavy atom. The highest BCUT2D eigenvalue weighted by Gasteiger charge is 2.22. The van der Waals surface area contributed by atoms with Crippen molar-refractivity contribution in [1.82, 2.24) is 5.32 Å². The third kappa shape index (κ3) is 4.21. The summed E-state index contributed by atoms with van der Waals surface area (Å²) >= 11 is 0. The molecule has 1 aromatic rings. The second-order valence-electron chi connectivity index (χ2n) is 6.22. The summed E-state index contributed by atoms with van der Waals surface area (Å²) in [6, 6.07) is 4.31. The number of nitrogens with one attached hydrogen (secondary N) is 2. The van der Waals surface area contributed by atoms with Gasteiger partial charge in [0.05, 0.1) is 6.10 Å². The molecule has 0 aromatic heterocycles. The van der Waals surface area contributed by atoms with E-state index >= 15 is 0 Å². The fourth-order valence-corrected chi connectivity index (χ4v) is 2.81. The third-order valence-corrected chi connectivity index (χ3v) is 4.31. The molecule has 1 atom stereocenters. The topological polar surface area (TPSA) is 67.4 Å². The van der Waals surface area contributed by atoms with Gasteiger partial charge in [-0.3, -0.25) is 9.59 Å². The van der Waals surface area contributed by atoms with Gasteiger partial charge >= 0.3 is 0 Å². The van der Waals surface area contributed by atoms with Crippen LogP contribution in [0, 0.1) is 5.82 Å². The zero-order valence-electron chi connectivity index (χ0n) is 12.9. The first-order valence-corrected chi connectivity index (χ1v) is 8.15. The molecule has 3 rings (SSSR count).